The maximum atomic E-state index is 9.90. The van der Waals surface area contributed by atoms with E-state index in [9.17, 15) is 10.2 Å². The molecule has 0 aliphatic rings. The van der Waals surface area contributed by atoms with Crippen molar-refractivity contribution in [1.82, 2.24) is 0 Å². The van der Waals surface area contributed by atoms with Crippen molar-refractivity contribution < 1.29 is 10.2 Å². The Bertz CT molecular complexity index is 631. The van der Waals surface area contributed by atoms with E-state index in [1.807, 2.05) is 0 Å². The molecule has 2 nitrogen and oxygen atoms in total. The highest BCUT2D eigenvalue weighted by Crippen LogP contribution is 2.34. The van der Waals surface area contributed by atoms with Crippen LogP contribution in [0.25, 0.3) is 10.8 Å². The maximum Gasteiger partial charge on any atom is 0.158 e. The fourth-order valence-corrected chi connectivity index (χ4v) is 3.28. The summed E-state index contributed by atoms with van der Waals surface area (Å²) in [6.07, 6.45) is 10.9. The van der Waals surface area contributed by atoms with Crippen molar-refractivity contribution in [1.29, 1.82) is 0 Å². The molecule has 0 saturated heterocycles. The van der Waals surface area contributed by atoms with Gasteiger partial charge in [-0.05, 0) is 59.7 Å². The van der Waals surface area contributed by atoms with Crippen molar-refractivity contribution in [3.63, 3.8) is 0 Å². The summed E-state index contributed by atoms with van der Waals surface area (Å²) in [5, 5.41) is 21.8. The summed E-state index contributed by atoms with van der Waals surface area (Å²) in [5.41, 5.74) is 2.78. The van der Waals surface area contributed by atoms with Gasteiger partial charge in [0.25, 0.3) is 0 Å². The number of phenolic OH excluding ortho intramolecular Hbond substituents is 2. The van der Waals surface area contributed by atoms with E-state index in [2.05, 4.69) is 26.0 Å². The molecule has 2 rings (SSSR count). The molecule has 126 valence electrons. The van der Waals surface area contributed by atoms with Gasteiger partial charge in [0, 0.05) is 0 Å². The van der Waals surface area contributed by atoms with E-state index in [1.165, 1.54) is 56.1 Å². The van der Waals surface area contributed by atoms with Gasteiger partial charge in [0.05, 0.1) is 0 Å². The number of aromatic hydroxyl groups is 2. The van der Waals surface area contributed by atoms with Gasteiger partial charge in [-0.3, -0.25) is 0 Å². The zero-order valence-corrected chi connectivity index (χ0v) is 14.6. The Hall–Kier alpha value is -1.70. The lowest BCUT2D eigenvalue weighted by Gasteiger charge is -2.14. The van der Waals surface area contributed by atoms with Gasteiger partial charge < -0.3 is 10.2 Å². The number of rotatable bonds is 9. The van der Waals surface area contributed by atoms with Gasteiger partial charge in [0.1, 0.15) is 0 Å². The van der Waals surface area contributed by atoms with Gasteiger partial charge in [-0.2, -0.15) is 0 Å². The van der Waals surface area contributed by atoms with Crippen LogP contribution in [0.2, 0.25) is 0 Å². The topological polar surface area (TPSA) is 40.5 Å². The number of hydrogen-bond donors (Lipinski definition) is 2. The van der Waals surface area contributed by atoms with Crippen molar-refractivity contribution in [2.75, 3.05) is 0 Å². The first kappa shape index (κ1) is 17.7. The molecule has 0 aliphatic carbocycles. The molecule has 0 atom stereocenters. The van der Waals surface area contributed by atoms with E-state index in [0.29, 0.717) is 0 Å². The summed E-state index contributed by atoms with van der Waals surface area (Å²) in [4.78, 5) is 0. The first-order valence-corrected chi connectivity index (χ1v) is 9.13. The summed E-state index contributed by atoms with van der Waals surface area (Å²) >= 11 is 0. The third kappa shape index (κ3) is 4.63. The van der Waals surface area contributed by atoms with Gasteiger partial charge in [0.15, 0.2) is 11.5 Å². The summed E-state index contributed by atoms with van der Waals surface area (Å²) in [6, 6.07) is 7.70. The van der Waals surface area contributed by atoms with Crippen LogP contribution in [0.1, 0.15) is 69.9 Å². The smallest absolute Gasteiger partial charge is 0.158 e. The van der Waals surface area contributed by atoms with Crippen LogP contribution in [-0.4, -0.2) is 10.2 Å². The minimum atomic E-state index is -0.0345. The molecule has 23 heavy (non-hydrogen) atoms. The normalized spacial score (nSPS) is 11.2. The quantitative estimate of drug-likeness (QED) is 0.433. The third-order valence-corrected chi connectivity index (χ3v) is 4.65. The first-order valence-electron chi connectivity index (χ1n) is 9.13. The van der Waals surface area contributed by atoms with Crippen molar-refractivity contribution in [2.45, 2.75) is 71.6 Å². The predicted octanol–water partition coefficient (Wildman–Crippen LogP) is 6.11. The molecular weight excluding hydrogens is 284 g/mol. The molecule has 2 aromatic carbocycles. The monoisotopic (exact) mass is 314 g/mol. The average molecular weight is 314 g/mol. The van der Waals surface area contributed by atoms with Crippen LogP contribution < -0.4 is 0 Å². The lowest BCUT2D eigenvalue weighted by Crippen LogP contribution is -1.97. The highest BCUT2D eigenvalue weighted by molar-refractivity contribution is 5.89. The van der Waals surface area contributed by atoms with Crippen molar-refractivity contribution in [2.24, 2.45) is 0 Å². The van der Waals surface area contributed by atoms with E-state index >= 15 is 0 Å². The molecule has 0 radical (unpaired) electrons. The Morgan fingerprint density at radius 1 is 0.739 bits per heavy atom. The van der Waals surface area contributed by atoms with Crippen LogP contribution in [0.5, 0.6) is 11.5 Å². The molecule has 0 bridgehead atoms. The second-order valence-electron chi connectivity index (χ2n) is 6.53. The van der Waals surface area contributed by atoms with E-state index < -0.39 is 0 Å². The Kier molecular flexibility index (Phi) is 6.76. The number of phenols is 2. The van der Waals surface area contributed by atoms with Crippen LogP contribution in [0, 0.1) is 0 Å². The Morgan fingerprint density at radius 3 is 2.13 bits per heavy atom. The largest absolute Gasteiger partial charge is 0.504 e. The number of benzene rings is 2. The van der Waals surface area contributed by atoms with E-state index in [0.717, 1.165) is 23.6 Å². The molecule has 0 amide bonds. The number of unbranched alkanes of at least 4 members (excludes halogenated alkanes) is 5. The minimum absolute atomic E-state index is 0.0163. The Balaban J connectivity index is 2.31. The zero-order chi connectivity index (χ0) is 16.7. The molecule has 0 unspecified atom stereocenters. The van der Waals surface area contributed by atoms with E-state index in [4.69, 9.17) is 0 Å². The fraction of sp³-hybridized carbons (Fsp3) is 0.524. The molecule has 0 aliphatic heterocycles. The SMILES string of the molecule is CCCCCCc1ccc2cc(O)c(O)cc2c1CCCCC. The summed E-state index contributed by atoms with van der Waals surface area (Å²) in [5.74, 6) is -0.0509. The molecule has 0 saturated carbocycles. The standard InChI is InChI=1S/C21H30O2/c1-3-5-7-9-10-16-12-13-17-14-20(22)21(23)15-19(17)18(16)11-8-6-4-2/h12-15,22-23H,3-11H2,1-2H3. The van der Waals surface area contributed by atoms with Crippen LogP contribution >= 0.6 is 0 Å². The molecule has 0 fully saturated rings. The number of fused-ring (bicyclic) bond motifs is 1. The van der Waals surface area contributed by atoms with E-state index in [1.54, 1.807) is 12.1 Å². The van der Waals surface area contributed by atoms with Crippen molar-refractivity contribution in [3.8, 4) is 11.5 Å². The predicted molar refractivity (Wildman–Crippen MR) is 98.4 cm³/mol. The fourth-order valence-electron chi connectivity index (χ4n) is 3.28. The van der Waals surface area contributed by atoms with Crippen LogP contribution in [-0.2, 0) is 12.8 Å². The Labute approximate surface area is 140 Å². The second-order valence-corrected chi connectivity index (χ2v) is 6.53. The van der Waals surface area contributed by atoms with Gasteiger partial charge in [0.2, 0.25) is 0 Å². The molecule has 2 heteroatoms. The second kappa shape index (κ2) is 8.81. The van der Waals surface area contributed by atoms with Crippen molar-refractivity contribution >= 4 is 10.8 Å². The molecule has 2 aromatic rings. The lowest BCUT2D eigenvalue weighted by molar-refractivity contribution is 0.405. The molecule has 2 N–H and O–H groups in total. The van der Waals surface area contributed by atoms with Gasteiger partial charge in [-0.15, -0.1) is 0 Å². The Morgan fingerprint density at radius 2 is 1.39 bits per heavy atom. The third-order valence-electron chi connectivity index (χ3n) is 4.65. The van der Waals surface area contributed by atoms with Gasteiger partial charge >= 0.3 is 0 Å². The number of aryl methyl sites for hydroxylation is 2. The van der Waals surface area contributed by atoms with Crippen LogP contribution in [0.3, 0.4) is 0 Å². The summed E-state index contributed by atoms with van der Waals surface area (Å²) in [6.45, 7) is 4.46. The van der Waals surface area contributed by atoms with Gasteiger partial charge in [-0.25, -0.2) is 0 Å². The molecule has 0 aromatic heterocycles. The van der Waals surface area contributed by atoms with Crippen molar-refractivity contribution in [3.05, 3.63) is 35.4 Å². The summed E-state index contributed by atoms with van der Waals surface area (Å²) < 4.78 is 0. The van der Waals surface area contributed by atoms with E-state index in [-0.39, 0.29) is 11.5 Å². The van der Waals surface area contributed by atoms with Gasteiger partial charge in [-0.1, -0.05) is 58.1 Å². The number of hydrogen-bond acceptors (Lipinski definition) is 2. The summed E-state index contributed by atoms with van der Waals surface area (Å²) in [7, 11) is 0. The highest BCUT2D eigenvalue weighted by atomic mass is 16.3. The molecular formula is C21H30O2. The first-order chi connectivity index (χ1) is 11.2. The minimum Gasteiger partial charge on any atom is -0.504 e. The molecule has 0 heterocycles. The lowest BCUT2D eigenvalue weighted by atomic mass is 9.91. The maximum absolute atomic E-state index is 9.90. The van der Waals surface area contributed by atoms with Crippen LogP contribution in [0.15, 0.2) is 24.3 Å². The highest BCUT2D eigenvalue weighted by Gasteiger charge is 2.11. The van der Waals surface area contributed by atoms with Crippen LogP contribution in [0.4, 0.5) is 0 Å². The molecule has 0 spiro atoms. The zero-order valence-electron chi connectivity index (χ0n) is 14.6. The average Bonchev–Trinajstić information content (AvgIpc) is 2.54.